The van der Waals surface area contributed by atoms with Crippen LogP contribution < -0.4 is 5.32 Å². The maximum atomic E-state index is 12.2. The van der Waals surface area contributed by atoms with E-state index in [-0.39, 0.29) is 0 Å². The lowest BCUT2D eigenvalue weighted by Crippen LogP contribution is -2.52. The predicted molar refractivity (Wildman–Crippen MR) is 77.0 cm³/mol. The Labute approximate surface area is 129 Å². The smallest absolute Gasteiger partial charge is 0.410 e. The normalized spacial score (nSPS) is 19.5. The van der Waals surface area contributed by atoms with Crippen LogP contribution in [0, 0.1) is 0 Å². The maximum Gasteiger partial charge on any atom is 0.410 e. The van der Waals surface area contributed by atoms with Crippen molar-refractivity contribution >= 4 is 18.0 Å². The quantitative estimate of drug-likeness (QED) is 0.709. The van der Waals surface area contributed by atoms with Crippen LogP contribution in [0.4, 0.5) is 4.79 Å². The van der Waals surface area contributed by atoms with Crippen molar-refractivity contribution in [3.8, 4) is 0 Å². The largest absolute Gasteiger partial charge is 0.467 e. The summed E-state index contributed by atoms with van der Waals surface area (Å²) in [7, 11) is 1.17. The van der Waals surface area contributed by atoms with Crippen molar-refractivity contribution in [3.63, 3.8) is 0 Å². The van der Waals surface area contributed by atoms with Crippen LogP contribution in [0.25, 0.3) is 0 Å². The van der Waals surface area contributed by atoms with Gasteiger partial charge in [-0.15, -0.1) is 0 Å². The van der Waals surface area contributed by atoms with E-state index < -0.39 is 42.3 Å². The van der Waals surface area contributed by atoms with Crippen LogP contribution in [0.5, 0.6) is 0 Å². The van der Waals surface area contributed by atoms with Crippen LogP contribution in [0.2, 0.25) is 0 Å². The highest BCUT2D eigenvalue weighted by Gasteiger charge is 2.37. The molecule has 0 radical (unpaired) electrons. The lowest BCUT2D eigenvalue weighted by Gasteiger charge is -2.28. The highest BCUT2D eigenvalue weighted by atomic mass is 16.6. The molecule has 0 bridgehead atoms. The number of aliphatic hydroxyl groups is 1. The number of rotatable bonds is 4. The number of nitrogens with zero attached hydrogens (tertiary/aromatic N) is 1. The summed E-state index contributed by atoms with van der Waals surface area (Å²) in [6, 6.07) is -1.85. The molecule has 0 unspecified atom stereocenters. The van der Waals surface area contributed by atoms with Crippen molar-refractivity contribution in [3.05, 3.63) is 0 Å². The fraction of sp³-hybridized carbons (Fsp3) is 0.786. The lowest BCUT2D eigenvalue weighted by molar-refractivity contribution is -0.146. The first kappa shape index (κ1) is 18.2. The Morgan fingerprint density at radius 1 is 1.36 bits per heavy atom. The summed E-state index contributed by atoms with van der Waals surface area (Å²) in [6.45, 7) is 5.08. The monoisotopic (exact) mass is 316 g/mol. The summed E-state index contributed by atoms with van der Waals surface area (Å²) in [5.41, 5.74) is -0.652. The van der Waals surface area contributed by atoms with E-state index in [9.17, 15) is 14.4 Å². The van der Waals surface area contributed by atoms with Crippen molar-refractivity contribution in [2.45, 2.75) is 51.3 Å². The zero-order chi connectivity index (χ0) is 16.9. The van der Waals surface area contributed by atoms with Gasteiger partial charge in [0.1, 0.15) is 11.6 Å². The van der Waals surface area contributed by atoms with Gasteiger partial charge in [0.05, 0.1) is 13.7 Å². The van der Waals surface area contributed by atoms with Crippen LogP contribution >= 0.6 is 0 Å². The van der Waals surface area contributed by atoms with Crippen LogP contribution in [0.3, 0.4) is 0 Å². The zero-order valence-corrected chi connectivity index (χ0v) is 13.4. The molecule has 1 saturated heterocycles. The molecule has 0 spiro atoms. The van der Waals surface area contributed by atoms with Gasteiger partial charge in [-0.3, -0.25) is 9.69 Å². The van der Waals surface area contributed by atoms with Crippen LogP contribution in [0.1, 0.15) is 33.6 Å². The first-order valence-electron chi connectivity index (χ1n) is 7.18. The molecule has 2 N–H and O–H groups in total. The van der Waals surface area contributed by atoms with Crippen molar-refractivity contribution in [2.75, 3.05) is 20.3 Å². The molecule has 2 atom stereocenters. The third-order valence-corrected chi connectivity index (χ3v) is 3.17. The van der Waals surface area contributed by atoms with Gasteiger partial charge in [0.15, 0.2) is 6.04 Å². The summed E-state index contributed by atoms with van der Waals surface area (Å²) in [6.07, 6.45) is 0.577. The molecule has 0 aliphatic carbocycles. The summed E-state index contributed by atoms with van der Waals surface area (Å²) in [4.78, 5) is 37.1. The fourth-order valence-electron chi connectivity index (χ4n) is 2.17. The van der Waals surface area contributed by atoms with E-state index in [1.807, 2.05) is 0 Å². The van der Waals surface area contributed by atoms with E-state index in [0.717, 1.165) is 0 Å². The summed E-state index contributed by atoms with van der Waals surface area (Å²) < 4.78 is 9.76. The Balaban J connectivity index is 2.71. The third kappa shape index (κ3) is 4.87. The van der Waals surface area contributed by atoms with Crippen molar-refractivity contribution < 1.29 is 29.0 Å². The van der Waals surface area contributed by atoms with Crippen LogP contribution in [-0.4, -0.2) is 65.9 Å². The summed E-state index contributed by atoms with van der Waals surface area (Å²) >= 11 is 0. The number of hydrogen-bond donors (Lipinski definition) is 2. The number of nitrogens with one attached hydrogen (secondary N) is 1. The van der Waals surface area contributed by atoms with Gasteiger partial charge in [-0.25, -0.2) is 9.59 Å². The van der Waals surface area contributed by atoms with E-state index in [1.165, 1.54) is 12.0 Å². The number of hydrogen-bond acceptors (Lipinski definition) is 6. The minimum absolute atomic E-state index is 0.412. The van der Waals surface area contributed by atoms with Gasteiger partial charge in [0.25, 0.3) is 0 Å². The highest BCUT2D eigenvalue weighted by Crippen LogP contribution is 2.21. The molecule has 0 saturated carbocycles. The van der Waals surface area contributed by atoms with Gasteiger partial charge < -0.3 is 19.9 Å². The van der Waals surface area contributed by atoms with Gasteiger partial charge in [-0.1, -0.05) is 0 Å². The number of carbonyl (C=O) groups excluding carboxylic acids is 3. The second-order valence-corrected chi connectivity index (χ2v) is 6.10. The van der Waals surface area contributed by atoms with Gasteiger partial charge in [0, 0.05) is 6.54 Å². The molecule has 8 heteroatoms. The molecule has 126 valence electrons. The summed E-state index contributed by atoms with van der Waals surface area (Å²) in [5.74, 6) is -1.24. The maximum absolute atomic E-state index is 12.2. The Kier molecular flexibility index (Phi) is 6.16. The van der Waals surface area contributed by atoms with E-state index in [2.05, 4.69) is 10.1 Å². The Morgan fingerprint density at radius 2 is 2.00 bits per heavy atom. The van der Waals surface area contributed by atoms with E-state index in [1.54, 1.807) is 20.8 Å². The van der Waals surface area contributed by atoms with Gasteiger partial charge in [0.2, 0.25) is 5.91 Å². The summed E-state index contributed by atoms with van der Waals surface area (Å²) in [5, 5.41) is 11.5. The zero-order valence-electron chi connectivity index (χ0n) is 13.4. The van der Waals surface area contributed by atoms with Crippen molar-refractivity contribution in [1.29, 1.82) is 0 Å². The standard InChI is InChI=1S/C14H24N2O6/c1-14(2,3)22-13(20)16-7-5-6-10(16)11(18)15-9(8-17)12(19)21-4/h9-10,17H,5-8H2,1-4H3,(H,15,18)/t9-,10-/m0/s1. The topological polar surface area (TPSA) is 105 Å². The lowest BCUT2D eigenvalue weighted by atomic mass is 10.2. The van der Waals surface area contributed by atoms with Gasteiger partial charge >= 0.3 is 12.1 Å². The minimum atomic E-state index is -1.14. The van der Waals surface area contributed by atoms with Crippen molar-refractivity contribution in [1.82, 2.24) is 10.2 Å². The third-order valence-electron chi connectivity index (χ3n) is 3.17. The Hall–Kier alpha value is -1.83. The Morgan fingerprint density at radius 3 is 2.50 bits per heavy atom. The number of carbonyl (C=O) groups is 3. The van der Waals surface area contributed by atoms with E-state index in [0.29, 0.717) is 19.4 Å². The van der Waals surface area contributed by atoms with Crippen LogP contribution in [0.15, 0.2) is 0 Å². The first-order valence-corrected chi connectivity index (χ1v) is 7.18. The van der Waals surface area contributed by atoms with Crippen LogP contribution in [-0.2, 0) is 19.1 Å². The number of esters is 1. The van der Waals surface area contributed by atoms with Crippen molar-refractivity contribution in [2.24, 2.45) is 0 Å². The molecule has 2 amide bonds. The molecule has 1 rings (SSSR count). The molecule has 0 aromatic heterocycles. The predicted octanol–water partition coefficient (Wildman–Crippen LogP) is 0.0360. The average Bonchev–Trinajstić information content (AvgIpc) is 2.91. The Bertz CT molecular complexity index is 432. The number of ether oxygens (including phenoxy) is 2. The highest BCUT2D eigenvalue weighted by molar-refractivity contribution is 5.90. The van der Waals surface area contributed by atoms with E-state index in [4.69, 9.17) is 9.84 Å². The molecule has 1 heterocycles. The molecule has 1 aliphatic rings. The second kappa shape index (κ2) is 7.44. The molecule has 1 aliphatic heterocycles. The molecule has 8 nitrogen and oxygen atoms in total. The average molecular weight is 316 g/mol. The molecular weight excluding hydrogens is 292 g/mol. The number of likely N-dealkylation sites (tertiary alicyclic amines) is 1. The second-order valence-electron chi connectivity index (χ2n) is 6.10. The molecular formula is C14H24N2O6. The number of aliphatic hydroxyl groups excluding tert-OH is 1. The van der Waals surface area contributed by atoms with Gasteiger partial charge in [-0.2, -0.15) is 0 Å². The number of methoxy groups -OCH3 is 1. The number of amides is 2. The van der Waals surface area contributed by atoms with E-state index >= 15 is 0 Å². The van der Waals surface area contributed by atoms with Gasteiger partial charge in [-0.05, 0) is 33.6 Å². The molecule has 22 heavy (non-hydrogen) atoms. The molecule has 1 fully saturated rings. The fourth-order valence-corrected chi connectivity index (χ4v) is 2.17. The molecule has 0 aromatic carbocycles. The first-order chi connectivity index (χ1) is 10.2. The molecule has 0 aromatic rings. The SMILES string of the molecule is COC(=O)[C@H](CO)NC(=O)[C@@H]1CCCN1C(=O)OC(C)(C)C. The minimum Gasteiger partial charge on any atom is -0.467 e.